The summed E-state index contributed by atoms with van der Waals surface area (Å²) >= 11 is 11.8. The van der Waals surface area contributed by atoms with E-state index in [1.165, 1.54) is 42.5 Å². The van der Waals surface area contributed by atoms with Gasteiger partial charge in [0.2, 0.25) is 0 Å². The maximum atomic E-state index is 12.4. The van der Waals surface area contributed by atoms with Crippen LogP contribution in [0.5, 0.6) is 5.75 Å². The molecule has 3 aromatic carbocycles. The molecule has 0 aliphatic rings. The maximum absolute atomic E-state index is 12.4. The van der Waals surface area contributed by atoms with Gasteiger partial charge in [-0.05, 0) is 54.1 Å². The van der Waals surface area contributed by atoms with E-state index in [0.717, 1.165) is 6.07 Å². The molecule has 1 amide bonds. The average molecular weight is 482 g/mol. The highest BCUT2D eigenvalue weighted by molar-refractivity contribution is 6.34. The molecule has 10 heteroatoms. The van der Waals surface area contributed by atoms with E-state index in [2.05, 4.69) is 5.32 Å². The van der Waals surface area contributed by atoms with Crippen molar-refractivity contribution < 1.29 is 19.2 Å². The summed E-state index contributed by atoms with van der Waals surface area (Å²) in [5, 5.41) is 23.0. The first-order chi connectivity index (χ1) is 15.8. The lowest BCUT2D eigenvalue weighted by atomic mass is 10.1. The smallest absolute Gasteiger partial charge is 0.343 e. The number of nitrogens with one attached hydrogen (secondary N) is 1. The molecule has 0 saturated heterocycles. The summed E-state index contributed by atoms with van der Waals surface area (Å²) in [6.45, 7) is 0. The molecule has 164 valence electrons. The molecule has 0 radical (unpaired) electrons. The van der Waals surface area contributed by atoms with Crippen LogP contribution < -0.4 is 10.1 Å². The van der Waals surface area contributed by atoms with Gasteiger partial charge in [0.25, 0.3) is 11.6 Å². The number of hydrogen-bond acceptors (Lipinski definition) is 6. The number of nitrogens with zero attached hydrogens (tertiary/aromatic N) is 2. The maximum Gasteiger partial charge on any atom is 0.343 e. The zero-order valence-electron chi connectivity index (χ0n) is 16.6. The van der Waals surface area contributed by atoms with Gasteiger partial charge in [-0.25, -0.2) is 4.79 Å². The molecule has 0 atom stereocenters. The number of hydrogen-bond donors (Lipinski definition) is 1. The predicted molar refractivity (Wildman–Crippen MR) is 123 cm³/mol. The summed E-state index contributed by atoms with van der Waals surface area (Å²) in [7, 11) is 0. The molecule has 0 aromatic heterocycles. The molecular weight excluding hydrogens is 469 g/mol. The third-order valence-electron chi connectivity index (χ3n) is 4.26. The van der Waals surface area contributed by atoms with Crippen molar-refractivity contribution in [1.82, 2.24) is 0 Å². The highest BCUT2D eigenvalue weighted by Gasteiger charge is 2.15. The summed E-state index contributed by atoms with van der Waals surface area (Å²) in [6.07, 6.45) is 1.33. The van der Waals surface area contributed by atoms with Crippen LogP contribution >= 0.6 is 23.2 Å². The third-order valence-corrected chi connectivity index (χ3v) is 4.82. The van der Waals surface area contributed by atoms with Gasteiger partial charge >= 0.3 is 5.97 Å². The first-order valence-electron chi connectivity index (χ1n) is 9.21. The Labute approximate surface area is 197 Å². The third kappa shape index (κ3) is 6.17. The molecular formula is C23H13Cl2N3O5. The number of non-ortho nitro benzene ring substituents is 1. The number of benzene rings is 3. The molecule has 0 aliphatic carbocycles. The zero-order valence-corrected chi connectivity index (χ0v) is 18.1. The van der Waals surface area contributed by atoms with Gasteiger partial charge in [0.05, 0.1) is 21.2 Å². The van der Waals surface area contributed by atoms with Crippen molar-refractivity contribution in [3.05, 3.63) is 104 Å². The zero-order chi connectivity index (χ0) is 24.0. The molecule has 0 fully saturated rings. The van der Waals surface area contributed by atoms with Crippen LogP contribution in [0.2, 0.25) is 10.0 Å². The van der Waals surface area contributed by atoms with E-state index in [1.54, 1.807) is 30.3 Å². The van der Waals surface area contributed by atoms with E-state index < -0.39 is 16.8 Å². The number of carbonyl (C=O) groups is 2. The Morgan fingerprint density at radius 1 is 1.03 bits per heavy atom. The minimum absolute atomic E-state index is 0.0401. The topological polar surface area (TPSA) is 122 Å². The molecule has 0 bridgehead atoms. The summed E-state index contributed by atoms with van der Waals surface area (Å²) < 4.78 is 5.28. The molecule has 0 heterocycles. The second-order valence-corrected chi connectivity index (χ2v) is 7.35. The number of rotatable bonds is 6. The van der Waals surface area contributed by atoms with Gasteiger partial charge in [-0.15, -0.1) is 0 Å². The second kappa shape index (κ2) is 10.4. The first-order valence-corrected chi connectivity index (χ1v) is 9.97. The van der Waals surface area contributed by atoms with Crippen LogP contribution in [0, 0.1) is 21.4 Å². The van der Waals surface area contributed by atoms with E-state index in [1.807, 2.05) is 0 Å². The number of carbonyl (C=O) groups excluding carboxylic acids is 2. The van der Waals surface area contributed by atoms with Crippen LogP contribution in [0.3, 0.4) is 0 Å². The van der Waals surface area contributed by atoms with Gasteiger partial charge < -0.3 is 10.1 Å². The van der Waals surface area contributed by atoms with E-state index in [0.29, 0.717) is 16.1 Å². The Kier molecular flexibility index (Phi) is 7.41. The lowest BCUT2D eigenvalue weighted by Gasteiger charge is -2.07. The van der Waals surface area contributed by atoms with Gasteiger partial charge in [-0.3, -0.25) is 14.9 Å². The molecule has 3 rings (SSSR count). The molecule has 1 N–H and O–H groups in total. The van der Waals surface area contributed by atoms with Crippen molar-refractivity contribution >= 4 is 52.5 Å². The molecule has 33 heavy (non-hydrogen) atoms. The van der Waals surface area contributed by atoms with Crippen molar-refractivity contribution in [3.63, 3.8) is 0 Å². The van der Waals surface area contributed by atoms with Gasteiger partial charge in [-0.2, -0.15) is 5.26 Å². The number of nitriles is 1. The summed E-state index contributed by atoms with van der Waals surface area (Å²) in [5.41, 5.74) is 0.499. The number of amides is 1. The number of anilines is 1. The Hall–Kier alpha value is -4.19. The normalized spacial score (nSPS) is 10.8. The fourth-order valence-electron chi connectivity index (χ4n) is 2.61. The van der Waals surface area contributed by atoms with Crippen molar-refractivity contribution in [2.45, 2.75) is 0 Å². The highest BCUT2D eigenvalue weighted by Crippen LogP contribution is 2.27. The number of halogens is 2. The van der Waals surface area contributed by atoms with Crippen LogP contribution in [0.25, 0.3) is 6.08 Å². The minimum Gasteiger partial charge on any atom is -0.423 e. The quantitative estimate of drug-likeness (QED) is 0.121. The van der Waals surface area contributed by atoms with E-state index in [-0.39, 0.29) is 27.7 Å². The van der Waals surface area contributed by atoms with E-state index in [9.17, 15) is 25.0 Å². The van der Waals surface area contributed by atoms with Crippen molar-refractivity contribution in [2.24, 2.45) is 0 Å². The number of nitro benzene ring substituents is 1. The van der Waals surface area contributed by atoms with Crippen LogP contribution in [-0.4, -0.2) is 16.8 Å². The Bertz CT molecular complexity index is 1300. The largest absolute Gasteiger partial charge is 0.423 e. The Morgan fingerprint density at radius 2 is 1.70 bits per heavy atom. The highest BCUT2D eigenvalue weighted by atomic mass is 35.5. The summed E-state index contributed by atoms with van der Waals surface area (Å²) in [6, 6.07) is 17.7. The number of nitro groups is 1. The van der Waals surface area contributed by atoms with Gasteiger partial charge in [0.1, 0.15) is 17.4 Å². The molecule has 0 unspecified atom stereocenters. The summed E-state index contributed by atoms with van der Waals surface area (Å²) in [5.74, 6) is -1.04. The van der Waals surface area contributed by atoms with Crippen LogP contribution in [0.4, 0.5) is 11.4 Å². The standard InChI is InChI=1S/C23H13Cl2N3O5/c24-17-5-3-15(4-6-17)23(30)33-19-8-1-14(2-9-19)11-16(13-26)22(29)27-21-10-7-18(28(31)32)12-20(21)25/h1-12H,(H,27,29). The molecule has 3 aromatic rings. The van der Waals surface area contributed by atoms with Crippen LogP contribution in [-0.2, 0) is 4.79 Å². The van der Waals surface area contributed by atoms with Crippen molar-refractivity contribution in [2.75, 3.05) is 5.32 Å². The Balaban J connectivity index is 1.70. The molecule has 0 saturated carbocycles. The van der Waals surface area contributed by atoms with Crippen LogP contribution in [0.1, 0.15) is 15.9 Å². The predicted octanol–water partition coefficient (Wildman–Crippen LogP) is 5.67. The van der Waals surface area contributed by atoms with Crippen molar-refractivity contribution in [3.8, 4) is 11.8 Å². The molecule has 0 spiro atoms. The van der Waals surface area contributed by atoms with Crippen molar-refractivity contribution in [1.29, 1.82) is 5.26 Å². The number of esters is 1. The molecule has 0 aliphatic heterocycles. The lowest BCUT2D eigenvalue weighted by molar-refractivity contribution is -0.384. The fourth-order valence-corrected chi connectivity index (χ4v) is 2.96. The number of ether oxygens (including phenoxy) is 1. The second-order valence-electron chi connectivity index (χ2n) is 6.51. The summed E-state index contributed by atoms with van der Waals surface area (Å²) in [4.78, 5) is 34.8. The average Bonchev–Trinajstić information content (AvgIpc) is 2.80. The Morgan fingerprint density at radius 3 is 2.27 bits per heavy atom. The van der Waals surface area contributed by atoms with Gasteiger partial charge in [0.15, 0.2) is 0 Å². The lowest BCUT2D eigenvalue weighted by Crippen LogP contribution is -2.13. The van der Waals surface area contributed by atoms with Crippen LogP contribution in [0.15, 0.2) is 72.3 Å². The van der Waals surface area contributed by atoms with E-state index >= 15 is 0 Å². The van der Waals surface area contributed by atoms with E-state index in [4.69, 9.17) is 27.9 Å². The first kappa shape index (κ1) is 23.5. The van der Waals surface area contributed by atoms with Gasteiger partial charge in [-0.1, -0.05) is 35.3 Å². The fraction of sp³-hybridized carbons (Fsp3) is 0. The SMILES string of the molecule is N#CC(=Cc1ccc(OC(=O)c2ccc(Cl)cc2)cc1)C(=O)Nc1ccc([N+](=O)[O-])cc1Cl. The molecule has 8 nitrogen and oxygen atoms in total. The monoisotopic (exact) mass is 481 g/mol. The minimum atomic E-state index is -0.744. The van der Waals surface area contributed by atoms with Gasteiger partial charge in [0, 0.05) is 17.2 Å².